The molecule has 4 nitrogen and oxygen atoms in total. The molecule has 2 rings (SSSR count). The topological polar surface area (TPSA) is 60.4 Å². The van der Waals surface area contributed by atoms with Crippen LogP contribution in [0.2, 0.25) is 0 Å². The van der Waals surface area contributed by atoms with Gasteiger partial charge >= 0.3 is 5.97 Å². The lowest BCUT2D eigenvalue weighted by Crippen LogP contribution is -2.16. The molecule has 0 unspecified atom stereocenters. The number of hydrogen-bond acceptors (Lipinski definition) is 4. The molecular weight excluding hydrogens is 319 g/mol. The average Bonchev–Trinajstić information content (AvgIpc) is 2.33. The molecule has 0 atom stereocenters. The molecule has 0 saturated heterocycles. The first-order valence-corrected chi connectivity index (χ1v) is 9.02. The van der Waals surface area contributed by atoms with Crippen molar-refractivity contribution in [3.8, 4) is 0 Å². The Morgan fingerprint density at radius 2 is 2.10 bits per heavy atom. The van der Waals surface area contributed by atoms with Gasteiger partial charge in [0.25, 0.3) is 9.05 Å². The van der Waals surface area contributed by atoms with E-state index >= 15 is 0 Å². The second-order valence-corrected chi connectivity index (χ2v) is 7.83. The van der Waals surface area contributed by atoms with Gasteiger partial charge in [-0.1, -0.05) is 19.3 Å². The second-order valence-electron chi connectivity index (χ2n) is 5.26. The highest BCUT2D eigenvalue weighted by Gasteiger charge is 2.22. The minimum Gasteiger partial charge on any atom is -0.462 e. The fraction of sp³-hybridized carbons (Fsp3) is 0.500. The Kier molecular flexibility index (Phi) is 4.88. The summed E-state index contributed by atoms with van der Waals surface area (Å²) in [5.74, 6) is -1.08. The van der Waals surface area contributed by atoms with Crippen LogP contribution in [0.5, 0.6) is 0 Å². The van der Waals surface area contributed by atoms with E-state index < -0.39 is 26.4 Å². The Labute approximate surface area is 127 Å². The van der Waals surface area contributed by atoms with Gasteiger partial charge in [0.15, 0.2) is 0 Å². The van der Waals surface area contributed by atoms with E-state index in [2.05, 4.69) is 0 Å². The fourth-order valence-electron chi connectivity index (χ4n) is 2.20. The number of ether oxygens (including phenoxy) is 1. The van der Waals surface area contributed by atoms with Gasteiger partial charge in [-0.15, -0.1) is 0 Å². The van der Waals surface area contributed by atoms with E-state index in [0.717, 1.165) is 31.4 Å². The molecular formula is C14H16ClFO4S. The molecule has 1 aromatic carbocycles. The monoisotopic (exact) mass is 334 g/mol. The van der Waals surface area contributed by atoms with Crippen LogP contribution in [0.15, 0.2) is 17.0 Å². The molecule has 0 bridgehead atoms. The number of aryl methyl sites for hydroxylation is 1. The summed E-state index contributed by atoms with van der Waals surface area (Å²) in [6, 6.07) is 2.00. The van der Waals surface area contributed by atoms with Crippen molar-refractivity contribution in [2.45, 2.75) is 37.5 Å². The molecule has 0 N–H and O–H groups in total. The van der Waals surface area contributed by atoms with Crippen molar-refractivity contribution in [2.24, 2.45) is 5.92 Å². The Bertz CT molecular complexity index is 653. The minimum absolute atomic E-state index is 0.0302. The van der Waals surface area contributed by atoms with Crippen LogP contribution in [-0.2, 0) is 13.8 Å². The summed E-state index contributed by atoms with van der Waals surface area (Å²) in [4.78, 5) is 11.6. The predicted octanol–water partition coefficient (Wildman–Crippen LogP) is 3.41. The lowest BCUT2D eigenvalue weighted by molar-refractivity contribution is 0.0458. The van der Waals surface area contributed by atoms with Gasteiger partial charge in [-0.3, -0.25) is 0 Å². The Morgan fingerprint density at radius 1 is 1.43 bits per heavy atom. The summed E-state index contributed by atoms with van der Waals surface area (Å²) >= 11 is 0. The largest absolute Gasteiger partial charge is 0.462 e. The van der Waals surface area contributed by atoms with Crippen LogP contribution in [0.1, 0.15) is 41.6 Å². The normalized spacial score (nSPS) is 15.6. The first kappa shape index (κ1) is 16.2. The van der Waals surface area contributed by atoms with Gasteiger partial charge in [-0.05, 0) is 37.0 Å². The molecule has 116 valence electrons. The van der Waals surface area contributed by atoms with E-state index in [1.54, 1.807) is 0 Å². The fourth-order valence-corrected chi connectivity index (χ4v) is 3.05. The third-order valence-electron chi connectivity index (χ3n) is 3.71. The van der Waals surface area contributed by atoms with E-state index in [0.29, 0.717) is 5.92 Å². The molecule has 0 aromatic heterocycles. The number of esters is 1. The highest BCUT2D eigenvalue weighted by atomic mass is 35.7. The van der Waals surface area contributed by atoms with Crippen molar-refractivity contribution in [1.82, 2.24) is 0 Å². The zero-order valence-corrected chi connectivity index (χ0v) is 13.1. The Hall–Kier alpha value is -1.14. The van der Waals surface area contributed by atoms with Crippen molar-refractivity contribution < 1.29 is 22.3 Å². The summed E-state index contributed by atoms with van der Waals surface area (Å²) in [7, 11) is 1.20. The van der Waals surface area contributed by atoms with Crippen LogP contribution >= 0.6 is 10.7 Å². The molecule has 0 radical (unpaired) electrons. The molecule has 1 aliphatic carbocycles. The molecule has 0 amide bonds. The van der Waals surface area contributed by atoms with Crippen molar-refractivity contribution in [1.29, 1.82) is 0 Å². The number of halogens is 2. The summed E-state index contributed by atoms with van der Waals surface area (Å²) in [5.41, 5.74) is -0.370. The first-order chi connectivity index (χ1) is 9.79. The molecule has 7 heteroatoms. The van der Waals surface area contributed by atoms with E-state index in [1.807, 2.05) is 0 Å². The molecule has 1 fully saturated rings. The highest BCUT2D eigenvalue weighted by molar-refractivity contribution is 8.13. The van der Waals surface area contributed by atoms with Crippen molar-refractivity contribution in [3.05, 3.63) is 29.1 Å². The van der Waals surface area contributed by atoms with Crippen LogP contribution in [-0.4, -0.2) is 21.0 Å². The van der Waals surface area contributed by atoms with Gasteiger partial charge in [0.1, 0.15) is 5.82 Å². The minimum atomic E-state index is -4.03. The second kappa shape index (κ2) is 6.32. The van der Waals surface area contributed by atoms with E-state index in [9.17, 15) is 17.6 Å². The van der Waals surface area contributed by atoms with Crippen LogP contribution in [0.3, 0.4) is 0 Å². The van der Waals surface area contributed by atoms with Crippen molar-refractivity contribution in [3.63, 3.8) is 0 Å². The maximum absolute atomic E-state index is 13.9. The Balaban J connectivity index is 2.13. The predicted molar refractivity (Wildman–Crippen MR) is 76.4 cm³/mol. The molecule has 0 heterocycles. The summed E-state index contributed by atoms with van der Waals surface area (Å²) in [6.07, 6.45) is 4.21. The average molecular weight is 335 g/mol. The zero-order chi connectivity index (χ0) is 15.6. The molecule has 0 aliphatic heterocycles. The maximum Gasteiger partial charge on any atom is 0.341 e. The summed E-state index contributed by atoms with van der Waals surface area (Å²) in [6.45, 7) is 1.58. The van der Waals surface area contributed by atoms with E-state index in [1.165, 1.54) is 13.3 Å². The van der Waals surface area contributed by atoms with Gasteiger partial charge in [0, 0.05) is 10.7 Å². The number of rotatable bonds is 5. The van der Waals surface area contributed by atoms with Gasteiger partial charge in [-0.2, -0.15) is 0 Å². The van der Waals surface area contributed by atoms with Gasteiger partial charge < -0.3 is 4.74 Å². The molecule has 1 aromatic rings. The van der Waals surface area contributed by atoms with E-state index in [4.69, 9.17) is 15.4 Å². The number of carbonyl (C=O) groups excluding carboxylic acids is 1. The van der Waals surface area contributed by atoms with Gasteiger partial charge in [-0.25, -0.2) is 17.6 Å². The van der Waals surface area contributed by atoms with Crippen molar-refractivity contribution in [2.75, 3.05) is 6.61 Å². The number of benzene rings is 1. The third-order valence-corrected chi connectivity index (χ3v) is 5.05. The molecule has 21 heavy (non-hydrogen) atoms. The quantitative estimate of drug-likeness (QED) is 0.611. The number of hydrogen-bond donors (Lipinski definition) is 0. The van der Waals surface area contributed by atoms with E-state index in [-0.39, 0.29) is 17.1 Å². The first-order valence-electron chi connectivity index (χ1n) is 6.71. The highest BCUT2D eigenvalue weighted by Crippen LogP contribution is 2.29. The smallest absolute Gasteiger partial charge is 0.341 e. The van der Waals surface area contributed by atoms with Gasteiger partial charge in [0.05, 0.1) is 17.1 Å². The maximum atomic E-state index is 13.9. The molecule has 1 saturated carbocycles. The standard InChI is InChI=1S/C14H16ClFO4S/c1-9-7-11(21(15,18)19)8-12(13(9)16)14(17)20-6-5-10-3-2-4-10/h7-8,10H,2-6H2,1H3. The van der Waals surface area contributed by atoms with Crippen LogP contribution < -0.4 is 0 Å². The third kappa shape index (κ3) is 3.95. The van der Waals surface area contributed by atoms with Gasteiger partial charge in [0.2, 0.25) is 0 Å². The van der Waals surface area contributed by atoms with Crippen LogP contribution in [0.25, 0.3) is 0 Å². The Morgan fingerprint density at radius 3 is 2.62 bits per heavy atom. The lowest BCUT2D eigenvalue weighted by atomic mass is 9.83. The zero-order valence-electron chi connectivity index (χ0n) is 11.6. The number of carbonyl (C=O) groups is 1. The molecule has 1 aliphatic rings. The molecule has 0 spiro atoms. The summed E-state index contributed by atoms with van der Waals surface area (Å²) in [5, 5.41) is 0. The van der Waals surface area contributed by atoms with Crippen LogP contribution in [0.4, 0.5) is 4.39 Å². The summed E-state index contributed by atoms with van der Waals surface area (Å²) < 4.78 is 41.6. The lowest BCUT2D eigenvalue weighted by Gasteiger charge is -2.24. The van der Waals surface area contributed by atoms with Crippen LogP contribution in [0, 0.1) is 18.7 Å². The van der Waals surface area contributed by atoms with Crippen molar-refractivity contribution >= 4 is 25.7 Å². The SMILES string of the molecule is Cc1cc(S(=O)(=O)Cl)cc(C(=O)OCCC2CCC2)c1F.